The van der Waals surface area contributed by atoms with Crippen LogP contribution in [-0.2, 0) is 9.53 Å². The lowest BCUT2D eigenvalue weighted by molar-refractivity contribution is -0.166. The second-order valence-electron chi connectivity index (χ2n) is 5.53. The summed E-state index contributed by atoms with van der Waals surface area (Å²) in [6, 6.07) is 0. The van der Waals surface area contributed by atoms with E-state index in [1.165, 1.54) is 6.42 Å². The maximum Gasteiger partial charge on any atom is 0.326 e. The van der Waals surface area contributed by atoms with Gasteiger partial charge in [0.2, 0.25) is 0 Å². The first-order valence-electron chi connectivity index (χ1n) is 7.35. The van der Waals surface area contributed by atoms with Crippen molar-refractivity contribution in [3.63, 3.8) is 0 Å². The summed E-state index contributed by atoms with van der Waals surface area (Å²) in [6.45, 7) is 8.49. The van der Waals surface area contributed by atoms with Gasteiger partial charge in [-0.25, -0.2) is 0 Å². The van der Waals surface area contributed by atoms with Gasteiger partial charge in [0.05, 0.1) is 6.61 Å². The van der Waals surface area contributed by atoms with E-state index < -0.39 is 0 Å². The number of ether oxygens (including phenoxy) is 1. The zero-order valence-electron chi connectivity index (χ0n) is 11.7. The third-order valence-corrected chi connectivity index (χ3v) is 4.57. The summed E-state index contributed by atoms with van der Waals surface area (Å²) in [7, 11) is 0. The minimum absolute atomic E-state index is 0.0131. The van der Waals surface area contributed by atoms with Crippen LogP contribution in [0, 0.1) is 5.92 Å². The molecule has 2 atom stereocenters. The van der Waals surface area contributed by atoms with Crippen LogP contribution in [0.5, 0.6) is 0 Å². The summed E-state index contributed by atoms with van der Waals surface area (Å²) in [6.07, 6.45) is 4.50. The minimum Gasteiger partial charge on any atom is -0.465 e. The average molecular weight is 254 g/mol. The van der Waals surface area contributed by atoms with Crippen molar-refractivity contribution in [3.05, 3.63) is 0 Å². The number of hydrogen-bond acceptors (Lipinski definition) is 4. The predicted octanol–water partition coefficient (Wildman–Crippen LogP) is 1.40. The van der Waals surface area contributed by atoms with E-state index in [0.29, 0.717) is 12.5 Å². The van der Waals surface area contributed by atoms with Crippen LogP contribution in [0.15, 0.2) is 0 Å². The first-order valence-corrected chi connectivity index (χ1v) is 7.35. The normalized spacial score (nSPS) is 34.2. The molecule has 1 aliphatic carbocycles. The Morgan fingerprint density at radius 2 is 2.11 bits per heavy atom. The highest BCUT2D eigenvalue weighted by Crippen LogP contribution is 2.39. The largest absolute Gasteiger partial charge is 0.465 e. The quantitative estimate of drug-likeness (QED) is 0.773. The molecule has 4 heteroatoms. The summed E-state index contributed by atoms with van der Waals surface area (Å²) < 4.78 is 5.41. The fourth-order valence-corrected chi connectivity index (χ4v) is 3.55. The molecule has 0 bridgehead atoms. The third kappa shape index (κ3) is 2.41. The van der Waals surface area contributed by atoms with E-state index in [-0.39, 0.29) is 11.5 Å². The Morgan fingerprint density at radius 1 is 1.39 bits per heavy atom. The molecule has 2 rings (SSSR count). The molecule has 2 fully saturated rings. The van der Waals surface area contributed by atoms with E-state index in [1.54, 1.807) is 0 Å². The standard InChI is InChI=1S/C14H26N2O2/c1-3-18-13(17)14(7-5-4-6-12(14)2)16-10-8-15-9-11-16/h12,15H,3-11H2,1-2H3. The Hall–Kier alpha value is -0.610. The number of carbonyl (C=O) groups excluding carboxylic acids is 1. The van der Waals surface area contributed by atoms with E-state index in [1.807, 2.05) is 6.92 Å². The van der Waals surface area contributed by atoms with Crippen LogP contribution in [0.3, 0.4) is 0 Å². The maximum atomic E-state index is 12.5. The van der Waals surface area contributed by atoms with Crippen molar-refractivity contribution in [2.45, 2.75) is 45.1 Å². The average Bonchev–Trinajstić information content (AvgIpc) is 2.41. The zero-order chi connectivity index (χ0) is 13.0. The first-order chi connectivity index (χ1) is 8.71. The Bertz CT molecular complexity index is 290. The van der Waals surface area contributed by atoms with E-state index in [9.17, 15) is 4.79 Å². The van der Waals surface area contributed by atoms with Crippen molar-refractivity contribution in [1.29, 1.82) is 0 Å². The van der Waals surface area contributed by atoms with Crippen LogP contribution >= 0.6 is 0 Å². The van der Waals surface area contributed by atoms with Gasteiger partial charge in [-0.05, 0) is 25.7 Å². The lowest BCUT2D eigenvalue weighted by Crippen LogP contribution is -2.64. The highest BCUT2D eigenvalue weighted by Gasteiger charge is 2.50. The molecule has 2 unspecified atom stereocenters. The van der Waals surface area contributed by atoms with E-state index >= 15 is 0 Å². The molecule has 4 nitrogen and oxygen atoms in total. The number of esters is 1. The highest BCUT2D eigenvalue weighted by molar-refractivity contribution is 5.81. The topological polar surface area (TPSA) is 41.6 Å². The molecule has 104 valence electrons. The van der Waals surface area contributed by atoms with Crippen molar-refractivity contribution in [1.82, 2.24) is 10.2 Å². The Morgan fingerprint density at radius 3 is 2.72 bits per heavy atom. The molecule has 1 N–H and O–H groups in total. The highest BCUT2D eigenvalue weighted by atomic mass is 16.5. The van der Waals surface area contributed by atoms with Gasteiger partial charge in [-0.2, -0.15) is 0 Å². The van der Waals surface area contributed by atoms with Crippen LogP contribution in [0.4, 0.5) is 0 Å². The first kappa shape index (κ1) is 13.8. The summed E-state index contributed by atoms with van der Waals surface area (Å²) in [5.74, 6) is 0.419. The molecule has 1 aliphatic heterocycles. The van der Waals surface area contributed by atoms with Gasteiger partial charge in [-0.1, -0.05) is 19.8 Å². The molecule has 1 saturated heterocycles. The maximum absolute atomic E-state index is 12.5. The zero-order valence-corrected chi connectivity index (χ0v) is 11.7. The van der Waals surface area contributed by atoms with Crippen LogP contribution in [0.2, 0.25) is 0 Å². The van der Waals surface area contributed by atoms with Crippen LogP contribution in [-0.4, -0.2) is 49.2 Å². The van der Waals surface area contributed by atoms with Crippen molar-refractivity contribution >= 4 is 5.97 Å². The molecule has 1 saturated carbocycles. The lowest BCUT2D eigenvalue weighted by atomic mass is 9.72. The molecule has 0 aromatic heterocycles. The smallest absolute Gasteiger partial charge is 0.326 e. The summed E-state index contributed by atoms with van der Waals surface area (Å²) in [5, 5.41) is 3.36. The molecule has 0 aromatic carbocycles. The summed E-state index contributed by atoms with van der Waals surface area (Å²) in [5.41, 5.74) is -0.351. The molecular weight excluding hydrogens is 228 g/mol. The number of piperazine rings is 1. The van der Waals surface area contributed by atoms with Gasteiger partial charge in [-0.15, -0.1) is 0 Å². The third-order valence-electron chi connectivity index (χ3n) is 4.57. The molecule has 0 amide bonds. The van der Waals surface area contributed by atoms with Gasteiger partial charge < -0.3 is 10.1 Å². The Balaban J connectivity index is 2.22. The van der Waals surface area contributed by atoms with Gasteiger partial charge in [-0.3, -0.25) is 9.69 Å². The monoisotopic (exact) mass is 254 g/mol. The van der Waals surface area contributed by atoms with E-state index in [4.69, 9.17) is 4.74 Å². The molecule has 0 aromatic rings. The van der Waals surface area contributed by atoms with Crippen molar-refractivity contribution < 1.29 is 9.53 Å². The Labute approximate surface area is 110 Å². The van der Waals surface area contributed by atoms with Gasteiger partial charge in [0, 0.05) is 26.2 Å². The number of carbonyl (C=O) groups is 1. The van der Waals surface area contributed by atoms with Crippen LogP contribution < -0.4 is 5.32 Å². The van der Waals surface area contributed by atoms with E-state index in [2.05, 4.69) is 17.1 Å². The van der Waals surface area contributed by atoms with Crippen molar-refractivity contribution in [3.8, 4) is 0 Å². The van der Waals surface area contributed by atoms with Gasteiger partial charge in [0.1, 0.15) is 5.54 Å². The second-order valence-corrected chi connectivity index (χ2v) is 5.53. The fourth-order valence-electron chi connectivity index (χ4n) is 3.55. The van der Waals surface area contributed by atoms with Crippen LogP contribution in [0.1, 0.15) is 39.5 Å². The van der Waals surface area contributed by atoms with E-state index in [0.717, 1.165) is 45.4 Å². The van der Waals surface area contributed by atoms with Gasteiger partial charge >= 0.3 is 5.97 Å². The number of hydrogen-bond donors (Lipinski definition) is 1. The number of nitrogens with one attached hydrogen (secondary N) is 1. The van der Waals surface area contributed by atoms with Crippen LogP contribution in [0.25, 0.3) is 0 Å². The molecule has 0 spiro atoms. The van der Waals surface area contributed by atoms with Gasteiger partial charge in [0.15, 0.2) is 0 Å². The number of nitrogens with zero attached hydrogens (tertiary/aromatic N) is 1. The minimum atomic E-state index is -0.351. The molecular formula is C14H26N2O2. The van der Waals surface area contributed by atoms with Gasteiger partial charge in [0.25, 0.3) is 0 Å². The van der Waals surface area contributed by atoms with Crippen molar-refractivity contribution in [2.75, 3.05) is 32.8 Å². The summed E-state index contributed by atoms with van der Waals surface area (Å²) in [4.78, 5) is 14.9. The second kappa shape index (κ2) is 6.02. The lowest BCUT2D eigenvalue weighted by Gasteiger charge is -2.49. The Kier molecular flexibility index (Phi) is 4.62. The number of rotatable bonds is 3. The van der Waals surface area contributed by atoms with Crippen molar-refractivity contribution in [2.24, 2.45) is 5.92 Å². The summed E-state index contributed by atoms with van der Waals surface area (Å²) >= 11 is 0. The molecule has 18 heavy (non-hydrogen) atoms. The SMILES string of the molecule is CCOC(=O)C1(N2CCNCC2)CCCCC1C. The molecule has 1 heterocycles. The predicted molar refractivity (Wildman–Crippen MR) is 71.4 cm³/mol. The molecule has 0 radical (unpaired) electrons. The fraction of sp³-hybridized carbons (Fsp3) is 0.929. The molecule has 2 aliphatic rings.